The van der Waals surface area contributed by atoms with E-state index in [2.05, 4.69) is 52.9 Å². The largest absolute Gasteiger partial charge is 0.343 e. The zero-order valence-corrected chi connectivity index (χ0v) is 14.4. The Balaban J connectivity index is 1.52. The van der Waals surface area contributed by atoms with E-state index in [1.165, 1.54) is 16.8 Å². The Hall–Kier alpha value is -2.07. The van der Waals surface area contributed by atoms with Gasteiger partial charge in [-0.3, -0.25) is 9.69 Å². The first-order valence-electron chi connectivity index (χ1n) is 8.95. The number of hydrogen-bond acceptors (Lipinski definition) is 2. The highest BCUT2D eigenvalue weighted by atomic mass is 16.2. The van der Waals surface area contributed by atoms with Crippen LogP contribution in [-0.2, 0) is 26.6 Å². The molecule has 0 radical (unpaired) electrons. The number of fused-ring (bicyclic) bond motifs is 1. The first kappa shape index (κ1) is 15.5. The summed E-state index contributed by atoms with van der Waals surface area (Å²) in [5.41, 5.74) is 4.87. The van der Waals surface area contributed by atoms with Gasteiger partial charge in [-0.05, 0) is 30.0 Å². The molecule has 2 aromatic rings. The third-order valence-electron chi connectivity index (χ3n) is 5.37. The molecule has 1 fully saturated rings. The molecule has 2 aliphatic rings. The van der Waals surface area contributed by atoms with Crippen LogP contribution >= 0.6 is 0 Å². The van der Waals surface area contributed by atoms with Crippen LogP contribution in [-0.4, -0.2) is 39.9 Å². The highest BCUT2D eigenvalue weighted by Crippen LogP contribution is 2.25. The van der Waals surface area contributed by atoms with Crippen molar-refractivity contribution in [2.75, 3.05) is 19.6 Å². The average molecular weight is 323 g/mol. The third-order valence-corrected chi connectivity index (χ3v) is 5.37. The van der Waals surface area contributed by atoms with Crippen molar-refractivity contribution >= 4 is 5.91 Å². The van der Waals surface area contributed by atoms with Crippen LogP contribution in [0.3, 0.4) is 0 Å². The second kappa shape index (κ2) is 6.44. The van der Waals surface area contributed by atoms with Crippen LogP contribution in [0.4, 0.5) is 0 Å². The fourth-order valence-electron chi connectivity index (χ4n) is 4.02. The van der Waals surface area contributed by atoms with Crippen LogP contribution in [0.25, 0.3) is 0 Å². The number of likely N-dealkylation sites (tertiary alicyclic amines) is 1. The van der Waals surface area contributed by atoms with Gasteiger partial charge in [0.1, 0.15) is 5.69 Å². The molecule has 1 aromatic heterocycles. The summed E-state index contributed by atoms with van der Waals surface area (Å²) in [6.07, 6.45) is 3.30. The highest BCUT2D eigenvalue weighted by molar-refractivity contribution is 5.93. The minimum absolute atomic E-state index is 0.207. The van der Waals surface area contributed by atoms with Crippen molar-refractivity contribution < 1.29 is 4.79 Å². The molecule has 0 N–H and O–H groups in total. The Morgan fingerprint density at radius 3 is 2.58 bits per heavy atom. The highest BCUT2D eigenvalue weighted by Gasteiger charge is 2.27. The number of rotatable bonds is 3. The summed E-state index contributed by atoms with van der Waals surface area (Å²) in [4.78, 5) is 17.2. The predicted octanol–water partition coefficient (Wildman–Crippen LogP) is 2.82. The van der Waals surface area contributed by atoms with Crippen molar-refractivity contribution in [2.45, 2.75) is 32.4 Å². The Morgan fingerprint density at radius 1 is 1.08 bits per heavy atom. The third kappa shape index (κ3) is 2.86. The molecule has 4 rings (SSSR count). The van der Waals surface area contributed by atoms with E-state index in [1.54, 1.807) is 0 Å². The molecule has 0 spiro atoms. The van der Waals surface area contributed by atoms with Gasteiger partial charge in [-0.25, -0.2) is 0 Å². The summed E-state index contributed by atoms with van der Waals surface area (Å²) < 4.78 is 2.13. The van der Waals surface area contributed by atoms with Gasteiger partial charge in [0.2, 0.25) is 0 Å². The van der Waals surface area contributed by atoms with Gasteiger partial charge in [0.05, 0.1) is 0 Å². The zero-order valence-electron chi connectivity index (χ0n) is 14.4. The van der Waals surface area contributed by atoms with Crippen LogP contribution in [0, 0.1) is 0 Å². The van der Waals surface area contributed by atoms with Gasteiger partial charge in [-0.1, -0.05) is 30.3 Å². The number of carbonyl (C=O) groups is 1. The SMILES string of the molecule is Cn1c(C(=O)N2CCCC2)cc2c1CCN(Cc1ccccc1)C2. The van der Waals surface area contributed by atoms with E-state index in [-0.39, 0.29) is 5.91 Å². The van der Waals surface area contributed by atoms with Crippen LogP contribution in [0.1, 0.15) is 40.2 Å². The molecular formula is C20H25N3O. The fourth-order valence-corrected chi connectivity index (χ4v) is 4.02. The van der Waals surface area contributed by atoms with E-state index in [0.29, 0.717) is 0 Å². The molecule has 0 bridgehead atoms. The van der Waals surface area contributed by atoms with Gasteiger partial charge in [-0.15, -0.1) is 0 Å². The fraction of sp³-hybridized carbons (Fsp3) is 0.450. The lowest BCUT2D eigenvalue weighted by atomic mass is 10.1. The number of aromatic nitrogens is 1. The topological polar surface area (TPSA) is 28.5 Å². The maximum atomic E-state index is 12.7. The van der Waals surface area contributed by atoms with Gasteiger partial charge in [0.25, 0.3) is 5.91 Å². The Kier molecular flexibility index (Phi) is 4.15. The summed E-state index contributed by atoms with van der Waals surface area (Å²) in [6.45, 7) is 4.79. The van der Waals surface area contributed by atoms with Gasteiger partial charge in [-0.2, -0.15) is 0 Å². The first-order valence-corrected chi connectivity index (χ1v) is 8.95. The molecule has 0 aliphatic carbocycles. The van der Waals surface area contributed by atoms with Crippen LogP contribution in [0.5, 0.6) is 0 Å². The summed E-state index contributed by atoms with van der Waals surface area (Å²) in [6, 6.07) is 12.8. The number of hydrogen-bond donors (Lipinski definition) is 0. The Morgan fingerprint density at radius 2 is 1.83 bits per heavy atom. The number of carbonyl (C=O) groups excluding carboxylic acids is 1. The van der Waals surface area contributed by atoms with Crippen LogP contribution < -0.4 is 0 Å². The van der Waals surface area contributed by atoms with E-state index < -0.39 is 0 Å². The predicted molar refractivity (Wildman–Crippen MR) is 94.8 cm³/mol. The van der Waals surface area contributed by atoms with Gasteiger partial charge in [0, 0.05) is 51.9 Å². The standard InChI is InChI=1S/C20H25N3O/c1-21-18-9-12-22(14-16-7-3-2-4-8-16)15-17(18)13-19(21)20(24)23-10-5-6-11-23/h2-4,7-8,13H,5-6,9-12,14-15H2,1H3. The molecule has 0 saturated carbocycles. The monoisotopic (exact) mass is 323 g/mol. The first-order chi connectivity index (χ1) is 11.7. The van der Waals surface area contributed by atoms with Crippen molar-refractivity contribution in [1.82, 2.24) is 14.4 Å². The normalized spacial score (nSPS) is 18.0. The summed E-state index contributed by atoms with van der Waals surface area (Å²) >= 11 is 0. The van der Waals surface area contributed by atoms with Crippen LogP contribution in [0.15, 0.2) is 36.4 Å². The number of nitrogens with zero attached hydrogens (tertiary/aromatic N) is 3. The Bertz CT molecular complexity index is 729. The lowest BCUT2D eigenvalue weighted by molar-refractivity contribution is 0.0783. The summed E-state index contributed by atoms with van der Waals surface area (Å²) in [5.74, 6) is 0.207. The minimum atomic E-state index is 0.207. The molecule has 3 heterocycles. The van der Waals surface area contributed by atoms with Gasteiger partial charge >= 0.3 is 0 Å². The van der Waals surface area contributed by atoms with Crippen molar-refractivity contribution in [1.29, 1.82) is 0 Å². The second-order valence-corrected chi connectivity index (χ2v) is 7.01. The molecule has 1 amide bonds. The minimum Gasteiger partial charge on any atom is -0.343 e. The molecule has 2 aliphatic heterocycles. The van der Waals surface area contributed by atoms with E-state index in [4.69, 9.17) is 0 Å². The maximum Gasteiger partial charge on any atom is 0.270 e. The van der Waals surface area contributed by atoms with Gasteiger partial charge < -0.3 is 9.47 Å². The molecule has 4 nitrogen and oxygen atoms in total. The number of amides is 1. The quantitative estimate of drug-likeness (QED) is 0.869. The second-order valence-electron chi connectivity index (χ2n) is 7.01. The van der Waals surface area contributed by atoms with Crippen molar-refractivity contribution in [3.05, 3.63) is 58.9 Å². The van der Waals surface area contributed by atoms with Crippen molar-refractivity contribution in [3.8, 4) is 0 Å². The van der Waals surface area contributed by atoms with Crippen LogP contribution in [0.2, 0.25) is 0 Å². The van der Waals surface area contributed by atoms with E-state index in [1.807, 2.05) is 4.90 Å². The van der Waals surface area contributed by atoms with E-state index >= 15 is 0 Å². The summed E-state index contributed by atoms with van der Waals surface area (Å²) in [7, 11) is 2.05. The molecule has 0 atom stereocenters. The molecule has 1 aromatic carbocycles. The molecular weight excluding hydrogens is 298 g/mol. The molecule has 126 valence electrons. The molecule has 24 heavy (non-hydrogen) atoms. The van der Waals surface area contributed by atoms with Crippen molar-refractivity contribution in [2.24, 2.45) is 7.05 Å². The van der Waals surface area contributed by atoms with Crippen molar-refractivity contribution in [3.63, 3.8) is 0 Å². The lowest BCUT2D eigenvalue weighted by Crippen LogP contribution is -2.31. The maximum absolute atomic E-state index is 12.7. The molecule has 0 unspecified atom stereocenters. The number of benzene rings is 1. The smallest absolute Gasteiger partial charge is 0.270 e. The van der Waals surface area contributed by atoms with Gasteiger partial charge in [0.15, 0.2) is 0 Å². The summed E-state index contributed by atoms with van der Waals surface area (Å²) in [5, 5.41) is 0. The average Bonchev–Trinajstić information content (AvgIpc) is 3.24. The van der Waals surface area contributed by atoms with E-state index in [9.17, 15) is 4.79 Å². The van der Waals surface area contributed by atoms with E-state index in [0.717, 1.165) is 57.7 Å². The lowest BCUT2D eigenvalue weighted by Gasteiger charge is -2.27. The Labute approximate surface area is 143 Å². The molecule has 1 saturated heterocycles. The zero-order chi connectivity index (χ0) is 16.5. The molecule has 4 heteroatoms.